The molecule has 0 aliphatic heterocycles. The lowest BCUT2D eigenvalue weighted by atomic mass is 10.1. The number of ether oxygens (including phenoxy) is 1. The number of rotatable bonds is 5. The zero-order valence-electron chi connectivity index (χ0n) is 14.2. The molecule has 0 bridgehead atoms. The van der Waals surface area contributed by atoms with Gasteiger partial charge >= 0.3 is 0 Å². The Labute approximate surface area is 152 Å². The Morgan fingerprint density at radius 1 is 1.28 bits per heavy atom. The maximum atomic E-state index is 14.0. The van der Waals surface area contributed by atoms with Crippen LogP contribution < -0.4 is 15.4 Å². The number of halogens is 2. The van der Waals surface area contributed by atoms with Crippen LogP contribution in [0.3, 0.4) is 0 Å². The summed E-state index contributed by atoms with van der Waals surface area (Å²) in [5.41, 5.74) is 1.71. The van der Waals surface area contributed by atoms with Gasteiger partial charge < -0.3 is 15.4 Å². The molecule has 0 saturated heterocycles. The molecule has 0 amide bonds. The minimum atomic E-state index is -0.247. The molecule has 0 spiro atoms. The molecular weight excluding hydrogens is 341 g/mol. The maximum absolute atomic E-state index is 14.0. The molecule has 0 heterocycles. The fourth-order valence-corrected chi connectivity index (χ4v) is 3.14. The highest BCUT2D eigenvalue weighted by Crippen LogP contribution is 2.44. The fourth-order valence-electron chi connectivity index (χ4n) is 2.84. The molecule has 0 radical (unpaired) electrons. The van der Waals surface area contributed by atoms with E-state index in [1.165, 1.54) is 6.07 Å². The zero-order valence-corrected chi connectivity index (χ0v) is 15.0. The highest BCUT2D eigenvalue weighted by molar-refractivity contribution is 6.31. The molecule has 6 heteroatoms. The molecule has 2 atom stereocenters. The van der Waals surface area contributed by atoms with E-state index in [9.17, 15) is 4.39 Å². The maximum Gasteiger partial charge on any atom is 0.191 e. The first-order valence-corrected chi connectivity index (χ1v) is 8.54. The van der Waals surface area contributed by atoms with Crippen molar-refractivity contribution in [3.63, 3.8) is 0 Å². The average Bonchev–Trinajstić information content (AvgIpc) is 3.37. The predicted octanol–water partition coefficient (Wildman–Crippen LogP) is 3.71. The molecular formula is C19H21ClFN3O. The van der Waals surface area contributed by atoms with Gasteiger partial charge in [0.05, 0.1) is 7.11 Å². The van der Waals surface area contributed by atoms with Gasteiger partial charge in [0.15, 0.2) is 5.96 Å². The first-order valence-electron chi connectivity index (χ1n) is 8.16. The van der Waals surface area contributed by atoms with E-state index in [0.29, 0.717) is 23.1 Å². The van der Waals surface area contributed by atoms with Crippen LogP contribution in [-0.4, -0.2) is 26.2 Å². The van der Waals surface area contributed by atoms with E-state index in [0.717, 1.165) is 17.7 Å². The van der Waals surface area contributed by atoms with Crippen LogP contribution >= 0.6 is 11.6 Å². The Bertz CT molecular complexity index is 744. The molecule has 2 N–H and O–H groups in total. The Morgan fingerprint density at radius 3 is 2.68 bits per heavy atom. The molecule has 4 nitrogen and oxygen atoms in total. The number of guanidine groups is 1. The Hall–Kier alpha value is -2.27. The Balaban J connectivity index is 1.55. The molecule has 25 heavy (non-hydrogen) atoms. The number of aliphatic imine (C=N–C) groups is 1. The van der Waals surface area contributed by atoms with E-state index < -0.39 is 0 Å². The Kier molecular flexibility index (Phi) is 5.43. The van der Waals surface area contributed by atoms with Crippen LogP contribution in [0.25, 0.3) is 0 Å². The molecule has 1 fully saturated rings. The van der Waals surface area contributed by atoms with Gasteiger partial charge in [-0.2, -0.15) is 0 Å². The lowest BCUT2D eigenvalue weighted by Crippen LogP contribution is -2.38. The first-order chi connectivity index (χ1) is 12.1. The summed E-state index contributed by atoms with van der Waals surface area (Å²) in [6.07, 6.45) is 0.837. The minimum absolute atomic E-state index is 0.0771. The van der Waals surface area contributed by atoms with Gasteiger partial charge in [-0.3, -0.25) is 4.99 Å². The summed E-state index contributed by atoms with van der Waals surface area (Å²) in [7, 11) is 3.36. The summed E-state index contributed by atoms with van der Waals surface area (Å²) in [5, 5.41) is 7.07. The third-order valence-electron chi connectivity index (χ3n) is 4.33. The van der Waals surface area contributed by atoms with Crippen molar-refractivity contribution < 1.29 is 9.13 Å². The number of nitrogens with one attached hydrogen (secondary N) is 2. The number of nitrogens with zero attached hydrogens (tertiary/aromatic N) is 1. The highest BCUT2D eigenvalue weighted by Gasteiger charge is 2.41. The van der Waals surface area contributed by atoms with E-state index in [1.54, 1.807) is 26.3 Å². The van der Waals surface area contributed by atoms with Crippen LogP contribution in [0, 0.1) is 5.82 Å². The van der Waals surface area contributed by atoms with Gasteiger partial charge in [-0.05, 0) is 36.2 Å². The van der Waals surface area contributed by atoms with Crippen molar-refractivity contribution in [2.45, 2.75) is 24.9 Å². The quantitative estimate of drug-likeness (QED) is 0.630. The van der Waals surface area contributed by atoms with Crippen LogP contribution in [0.15, 0.2) is 47.5 Å². The van der Waals surface area contributed by atoms with Crippen molar-refractivity contribution >= 4 is 17.6 Å². The minimum Gasteiger partial charge on any atom is -0.497 e. The summed E-state index contributed by atoms with van der Waals surface area (Å²) < 4.78 is 19.1. The van der Waals surface area contributed by atoms with Gasteiger partial charge in [-0.15, -0.1) is 0 Å². The highest BCUT2D eigenvalue weighted by atomic mass is 35.5. The lowest BCUT2D eigenvalue weighted by Gasteiger charge is -2.13. The van der Waals surface area contributed by atoms with Crippen LogP contribution in [0.5, 0.6) is 5.75 Å². The van der Waals surface area contributed by atoms with Crippen molar-refractivity contribution in [1.29, 1.82) is 0 Å². The van der Waals surface area contributed by atoms with Gasteiger partial charge in [0, 0.05) is 36.1 Å². The average molecular weight is 362 g/mol. The van der Waals surface area contributed by atoms with Gasteiger partial charge in [0.2, 0.25) is 0 Å². The van der Waals surface area contributed by atoms with Crippen LogP contribution in [0.2, 0.25) is 5.02 Å². The number of hydrogen-bond acceptors (Lipinski definition) is 2. The Morgan fingerprint density at radius 2 is 2.04 bits per heavy atom. The smallest absolute Gasteiger partial charge is 0.191 e. The van der Waals surface area contributed by atoms with Crippen molar-refractivity contribution in [2.24, 2.45) is 4.99 Å². The van der Waals surface area contributed by atoms with E-state index in [4.69, 9.17) is 16.3 Å². The molecule has 2 aromatic carbocycles. The lowest BCUT2D eigenvalue weighted by molar-refractivity contribution is 0.414. The van der Waals surface area contributed by atoms with Crippen LogP contribution in [0.4, 0.5) is 4.39 Å². The monoisotopic (exact) mass is 361 g/mol. The number of methoxy groups -OCH3 is 1. The summed E-state index contributed by atoms with van der Waals surface area (Å²) in [6, 6.07) is 12.8. The third kappa shape index (κ3) is 4.23. The van der Waals surface area contributed by atoms with Crippen molar-refractivity contribution in [3.05, 3.63) is 64.4 Å². The summed E-state index contributed by atoms with van der Waals surface area (Å²) >= 11 is 6.14. The second-order valence-corrected chi connectivity index (χ2v) is 6.41. The second-order valence-electron chi connectivity index (χ2n) is 6.00. The van der Waals surface area contributed by atoms with Gasteiger partial charge in [-0.25, -0.2) is 4.39 Å². The molecule has 1 aliphatic rings. The molecule has 0 aromatic heterocycles. The first kappa shape index (κ1) is 17.5. The third-order valence-corrected chi connectivity index (χ3v) is 4.66. The van der Waals surface area contributed by atoms with E-state index in [1.807, 2.05) is 24.3 Å². The molecule has 2 unspecified atom stereocenters. The van der Waals surface area contributed by atoms with E-state index >= 15 is 0 Å². The van der Waals surface area contributed by atoms with E-state index in [2.05, 4.69) is 15.6 Å². The fraction of sp³-hybridized carbons (Fsp3) is 0.316. The van der Waals surface area contributed by atoms with E-state index in [-0.39, 0.29) is 17.8 Å². The second kappa shape index (κ2) is 7.74. The predicted molar refractivity (Wildman–Crippen MR) is 98.9 cm³/mol. The normalized spacial score (nSPS) is 19.4. The summed E-state index contributed by atoms with van der Waals surface area (Å²) in [4.78, 5) is 4.23. The van der Waals surface area contributed by atoms with Crippen LogP contribution in [0.1, 0.15) is 23.5 Å². The zero-order chi connectivity index (χ0) is 17.8. The largest absolute Gasteiger partial charge is 0.497 e. The molecule has 1 aliphatic carbocycles. The summed E-state index contributed by atoms with van der Waals surface area (Å²) in [5.74, 6) is 1.35. The van der Waals surface area contributed by atoms with Crippen LogP contribution in [-0.2, 0) is 6.54 Å². The molecule has 3 rings (SSSR count). The summed E-state index contributed by atoms with van der Waals surface area (Å²) in [6.45, 7) is 0.640. The number of hydrogen-bond donors (Lipinski definition) is 2. The molecule has 2 aromatic rings. The topological polar surface area (TPSA) is 45.7 Å². The van der Waals surface area contributed by atoms with Gasteiger partial charge in [0.25, 0.3) is 0 Å². The molecule has 1 saturated carbocycles. The van der Waals surface area contributed by atoms with Crippen molar-refractivity contribution in [3.8, 4) is 5.75 Å². The van der Waals surface area contributed by atoms with Crippen molar-refractivity contribution in [2.75, 3.05) is 14.2 Å². The molecule has 132 valence electrons. The van der Waals surface area contributed by atoms with Gasteiger partial charge in [-0.1, -0.05) is 29.8 Å². The standard InChI is InChI=1S/C19H21ClFN3O/c1-22-19(23-11-12-6-8-13(25-2)9-7-12)24-17-10-14(17)18-15(20)4-3-5-16(18)21/h3-9,14,17H,10-11H2,1-2H3,(H2,22,23,24). The number of benzene rings is 2. The van der Waals surface area contributed by atoms with Gasteiger partial charge in [0.1, 0.15) is 11.6 Å². The van der Waals surface area contributed by atoms with Crippen molar-refractivity contribution in [1.82, 2.24) is 10.6 Å². The SMILES string of the molecule is CN=C(NCc1ccc(OC)cc1)NC1CC1c1c(F)cccc1Cl.